The smallest absolute Gasteiger partial charge is 0.216 e. The number of piperidine rings is 1. The van der Waals surface area contributed by atoms with Crippen LogP contribution in [-0.2, 0) is 4.79 Å². The zero-order chi connectivity index (χ0) is 11.4. The molecule has 0 aromatic carbocycles. The second-order valence-electron chi connectivity index (χ2n) is 4.21. The third-order valence-corrected chi connectivity index (χ3v) is 3.68. The molecule has 0 radical (unpaired) electrons. The molecule has 16 heavy (non-hydrogen) atoms. The van der Waals surface area contributed by atoms with Crippen LogP contribution in [-0.4, -0.2) is 30.5 Å². The highest BCUT2D eigenvalue weighted by atomic mass is 32.1. The van der Waals surface area contributed by atoms with Crippen LogP contribution < -0.4 is 10.2 Å². The largest absolute Gasteiger partial charge is 0.356 e. The van der Waals surface area contributed by atoms with E-state index in [4.69, 9.17) is 0 Å². The maximum Gasteiger partial charge on any atom is 0.216 e. The van der Waals surface area contributed by atoms with E-state index in [1.54, 1.807) is 18.3 Å². The second kappa shape index (κ2) is 5.30. The third kappa shape index (κ3) is 2.95. The van der Waals surface area contributed by atoms with Gasteiger partial charge in [-0.3, -0.25) is 4.79 Å². The van der Waals surface area contributed by atoms with Gasteiger partial charge in [0.15, 0.2) is 5.13 Å². The summed E-state index contributed by atoms with van der Waals surface area (Å²) in [5, 5.41) is 6.01. The first-order chi connectivity index (χ1) is 7.75. The monoisotopic (exact) mass is 239 g/mol. The van der Waals surface area contributed by atoms with E-state index in [2.05, 4.69) is 15.2 Å². The number of nitrogens with one attached hydrogen (secondary N) is 1. The van der Waals surface area contributed by atoms with Crippen LogP contribution >= 0.6 is 11.3 Å². The predicted molar refractivity (Wildman–Crippen MR) is 65.7 cm³/mol. The summed E-state index contributed by atoms with van der Waals surface area (Å²) in [5.74, 6) is 0.618. The van der Waals surface area contributed by atoms with E-state index >= 15 is 0 Å². The van der Waals surface area contributed by atoms with Crippen molar-refractivity contribution in [2.24, 2.45) is 5.92 Å². The number of rotatable bonds is 3. The van der Waals surface area contributed by atoms with Gasteiger partial charge in [0.25, 0.3) is 0 Å². The summed E-state index contributed by atoms with van der Waals surface area (Å²) >= 11 is 1.68. The number of thiazole rings is 1. The molecule has 1 N–H and O–H groups in total. The Morgan fingerprint density at radius 1 is 1.75 bits per heavy atom. The number of hydrogen-bond donors (Lipinski definition) is 1. The molecule has 0 saturated carbocycles. The molecular weight excluding hydrogens is 222 g/mol. The minimum absolute atomic E-state index is 0.0615. The average Bonchev–Trinajstić information content (AvgIpc) is 2.80. The van der Waals surface area contributed by atoms with Crippen molar-refractivity contribution in [2.75, 3.05) is 24.5 Å². The van der Waals surface area contributed by atoms with E-state index in [0.29, 0.717) is 5.92 Å². The lowest BCUT2D eigenvalue weighted by molar-refractivity contribution is -0.119. The molecule has 2 rings (SSSR count). The van der Waals surface area contributed by atoms with Crippen LogP contribution in [0.3, 0.4) is 0 Å². The van der Waals surface area contributed by atoms with Crippen LogP contribution in [0, 0.1) is 5.92 Å². The maximum absolute atomic E-state index is 10.9. The number of amides is 1. The second-order valence-corrected chi connectivity index (χ2v) is 5.08. The fourth-order valence-corrected chi connectivity index (χ4v) is 2.75. The van der Waals surface area contributed by atoms with Gasteiger partial charge in [0.2, 0.25) is 5.91 Å². The molecule has 1 aliphatic rings. The number of carbonyl (C=O) groups is 1. The number of hydrogen-bond acceptors (Lipinski definition) is 4. The normalized spacial score (nSPS) is 20.8. The Kier molecular flexibility index (Phi) is 3.77. The summed E-state index contributed by atoms with van der Waals surface area (Å²) in [7, 11) is 0. The Hall–Kier alpha value is -1.10. The van der Waals surface area contributed by atoms with Crippen molar-refractivity contribution < 1.29 is 4.79 Å². The third-order valence-electron chi connectivity index (χ3n) is 2.85. The van der Waals surface area contributed by atoms with E-state index in [1.165, 1.54) is 12.8 Å². The molecule has 0 bridgehead atoms. The van der Waals surface area contributed by atoms with Gasteiger partial charge in [-0.2, -0.15) is 0 Å². The first-order valence-electron chi connectivity index (χ1n) is 5.64. The highest BCUT2D eigenvalue weighted by Crippen LogP contribution is 2.24. The van der Waals surface area contributed by atoms with E-state index < -0.39 is 0 Å². The van der Waals surface area contributed by atoms with Crippen LogP contribution in [0.25, 0.3) is 0 Å². The van der Waals surface area contributed by atoms with Crippen LogP contribution in [0.5, 0.6) is 0 Å². The predicted octanol–water partition coefficient (Wildman–Crippen LogP) is 1.50. The lowest BCUT2D eigenvalue weighted by atomic mass is 9.98. The highest BCUT2D eigenvalue weighted by Gasteiger charge is 2.21. The molecule has 1 aliphatic heterocycles. The average molecular weight is 239 g/mol. The Morgan fingerprint density at radius 3 is 3.31 bits per heavy atom. The minimum Gasteiger partial charge on any atom is -0.356 e. The van der Waals surface area contributed by atoms with Gasteiger partial charge in [0, 0.05) is 38.1 Å². The molecule has 1 unspecified atom stereocenters. The van der Waals surface area contributed by atoms with Gasteiger partial charge in [-0.1, -0.05) is 0 Å². The van der Waals surface area contributed by atoms with Gasteiger partial charge in [-0.25, -0.2) is 4.98 Å². The molecule has 1 aromatic heterocycles. The Morgan fingerprint density at radius 2 is 2.62 bits per heavy atom. The van der Waals surface area contributed by atoms with Crippen molar-refractivity contribution in [1.82, 2.24) is 10.3 Å². The van der Waals surface area contributed by atoms with Crippen molar-refractivity contribution in [2.45, 2.75) is 19.8 Å². The molecule has 5 heteroatoms. The van der Waals surface area contributed by atoms with Crippen molar-refractivity contribution in [3.05, 3.63) is 11.6 Å². The maximum atomic E-state index is 10.9. The fourth-order valence-electron chi connectivity index (χ4n) is 2.07. The topological polar surface area (TPSA) is 45.2 Å². The summed E-state index contributed by atoms with van der Waals surface area (Å²) < 4.78 is 0. The standard InChI is InChI=1S/C11H17N3OS/c1-9(15)13-7-10-3-2-5-14(8-10)11-12-4-6-16-11/h4,6,10H,2-3,5,7-8H2,1H3,(H,13,15). The van der Waals surface area contributed by atoms with Crippen molar-refractivity contribution >= 4 is 22.4 Å². The van der Waals surface area contributed by atoms with Crippen LogP contribution in [0.4, 0.5) is 5.13 Å². The number of aromatic nitrogens is 1. The molecule has 2 heterocycles. The van der Waals surface area contributed by atoms with E-state index in [9.17, 15) is 4.79 Å². The SMILES string of the molecule is CC(=O)NCC1CCCN(c2nccs2)C1. The molecule has 0 spiro atoms. The van der Waals surface area contributed by atoms with Gasteiger partial charge in [0.1, 0.15) is 0 Å². The first-order valence-corrected chi connectivity index (χ1v) is 6.52. The van der Waals surface area contributed by atoms with Gasteiger partial charge in [0.05, 0.1) is 0 Å². The van der Waals surface area contributed by atoms with Crippen molar-refractivity contribution in [1.29, 1.82) is 0 Å². The van der Waals surface area contributed by atoms with Gasteiger partial charge in [-0.15, -0.1) is 11.3 Å². The fraction of sp³-hybridized carbons (Fsp3) is 0.636. The highest BCUT2D eigenvalue weighted by molar-refractivity contribution is 7.13. The van der Waals surface area contributed by atoms with Gasteiger partial charge >= 0.3 is 0 Å². The zero-order valence-corrected chi connectivity index (χ0v) is 10.3. The number of nitrogens with zero attached hydrogens (tertiary/aromatic N) is 2. The number of carbonyl (C=O) groups excluding carboxylic acids is 1. The van der Waals surface area contributed by atoms with E-state index in [-0.39, 0.29) is 5.91 Å². The Labute approximate surface area is 99.7 Å². The van der Waals surface area contributed by atoms with Crippen LogP contribution in [0.2, 0.25) is 0 Å². The molecule has 88 valence electrons. The Balaban J connectivity index is 1.87. The van der Waals surface area contributed by atoms with Gasteiger partial charge in [-0.05, 0) is 18.8 Å². The van der Waals surface area contributed by atoms with Crippen LogP contribution in [0.15, 0.2) is 11.6 Å². The summed E-state index contributed by atoms with van der Waals surface area (Å²) in [6.07, 6.45) is 4.23. The Bertz CT molecular complexity index is 339. The minimum atomic E-state index is 0.0615. The quantitative estimate of drug-likeness (QED) is 0.869. The number of anilines is 1. The molecule has 1 atom stereocenters. The lowest BCUT2D eigenvalue weighted by Crippen LogP contribution is -2.40. The molecule has 4 nitrogen and oxygen atoms in total. The molecule has 1 amide bonds. The lowest BCUT2D eigenvalue weighted by Gasteiger charge is -2.32. The molecule has 1 aromatic rings. The van der Waals surface area contributed by atoms with E-state index in [1.807, 2.05) is 11.6 Å². The summed E-state index contributed by atoms with van der Waals surface area (Å²) in [6.45, 7) is 4.45. The van der Waals surface area contributed by atoms with E-state index in [0.717, 1.165) is 24.8 Å². The summed E-state index contributed by atoms with van der Waals surface area (Å²) in [6, 6.07) is 0. The molecule has 1 fully saturated rings. The molecular formula is C11H17N3OS. The zero-order valence-electron chi connectivity index (χ0n) is 9.48. The molecule has 0 aliphatic carbocycles. The summed E-state index contributed by atoms with van der Waals surface area (Å²) in [4.78, 5) is 17.5. The van der Waals surface area contributed by atoms with Crippen molar-refractivity contribution in [3.8, 4) is 0 Å². The molecule has 1 saturated heterocycles. The van der Waals surface area contributed by atoms with Gasteiger partial charge < -0.3 is 10.2 Å². The van der Waals surface area contributed by atoms with Crippen molar-refractivity contribution in [3.63, 3.8) is 0 Å². The summed E-state index contributed by atoms with van der Waals surface area (Å²) in [5.41, 5.74) is 0. The van der Waals surface area contributed by atoms with Crippen LogP contribution in [0.1, 0.15) is 19.8 Å². The first kappa shape index (κ1) is 11.4.